The summed E-state index contributed by atoms with van der Waals surface area (Å²) >= 11 is 1.08. The third-order valence-corrected chi connectivity index (χ3v) is 2.14. The summed E-state index contributed by atoms with van der Waals surface area (Å²) in [5.74, 6) is -0.262. The summed E-state index contributed by atoms with van der Waals surface area (Å²) in [4.78, 5) is 18.1. The van der Waals surface area contributed by atoms with E-state index >= 15 is 0 Å². The Morgan fingerprint density at radius 2 is 2.43 bits per heavy atom. The van der Waals surface area contributed by atoms with Crippen LogP contribution in [-0.2, 0) is 4.79 Å². The van der Waals surface area contributed by atoms with Crippen LogP contribution in [-0.4, -0.2) is 21.6 Å². The smallest absolute Gasteiger partial charge is 0.227 e. The standard InChI is InChI=1S/C7H7N5OS/c8-1-4-2-11-7(12-6(4)10)14-3-5(9)13/h2H,3H2,(H2,9,13)(H2,10,11,12). The van der Waals surface area contributed by atoms with Crippen LogP contribution in [0.4, 0.5) is 5.82 Å². The number of nitrogen functional groups attached to an aromatic ring is 1. The first-order valence-electron chi connectivity index (χ1n) is 3.57. The van der Waals surface area contributed by atoms with Crippen molar-refractivity contribution in [3.63, 3.8) is 0 Å². The number of hydrogen-bond acceptors (Lipinski definition) is 6. The maximum atomic E-state index is 10.4. The number of nitrogens with two attached hydrogens (primary N) is 2. The van der Waals surface area contributed by atoms with E-state index in [0.717, 1.165) is 11.8 Å². The molecule has 0 aromatic carbocycles. The van der Waals surface area contributed by atoms with Crippen molar-refractivity contribution in [3.05, 3.63) is 11.8 Å². The van der Waals surface area contributed by atoms with Crippen molar-refractivity contribution in [2.45, 2.75) is 5.16 Å². The molecule has 1 aromatic rings. The summed E-state index contributed by atoms with van der Waals surface area (Å²) in [7, 11) is 0. The summed E-state index contributed by atoms with van der Waals surface area (Å²) in [6.45, 7) is 0. The van der Waals surface area contributed by atoms with Crippen LogP contribution in [0, 0.1) is 11.3 Å². The number of nitrogens with zero attached hydrogens (tertiary/aromatic N) is 3. The Bertz CT molecular complexity index is 400. The molecule has 0 aliphatic heterocycles. The zero-order valence-corrected chi connectivity index (χ0v) is 7.91. The van der Waals surface area contributed by atoms with Crippen LogP contribution in [0.5, 0.6) is 0 Å². The molecule has 4 N–H and O–H groups in total. The van der Waals surface area contributed by atoms with Gasteiger partial charge in [-0.05, 0) is 0 Å². The molecule has 0 aliphatic carbocycles. The van der Waals surface area contributed by atoms with Crippen molar-refractivity contribution < 1.29 is 4.79 Å². The maximum Gasteiger partial charge on any atom is 0.227 e. The van der Waals surface area contributed by atoms with Crippen LogP contribution in [0.3, 0.4) is 0 Å². The van der Waals surface area contributed by atoms with E-state index < -0.39 is 5.91 Å². The number of primary amides is 1. The SMILES string of the molecule is N#Cc1cnc(SCC(N)=O)nc1N. The van der Waals surface area contributed by atoms with E-state index in [1.807, 2.05) is 6.07 Å². The van der Waals surface area contributed by atoms with E-state index in [9.17, 15) is 4.79 Å². The van der Waals surface area contributed by atoms with Gasteiger partial charge >= 0.3 is 0 Å². The molecule has 0 saturated heterocycles. The van der Waals surface area contributed by atoms with Crippen molar-refractivity contribution in [1.82, 2.24) is 9.97 Å². The van der Waals surface area contributed by atoms with Crippen LogP contribution < -0.4 is 11.5 Å². The molecule has 1 aromatic heterocycles. The molecule has 72 valence electrons. The van der Waals surface area contributed by atoms with Gasteiger partial charge in [0.05, 0.1) is 11.9 Å². The number of aromatic nitrogens is 2. The lowest BCUT2D eigenvalue weighted by Gasteiger charge is -1.99. The molecule has 0 spiro atoms. The van der Waals surface area contributed by atoms with E-state index in [2.05, 4.69) is 9.97 Å². The normalized spacial score (nSPS) is 9.36. The summed E-state index contributed by atoms with van der Waals surface area (Å²) in [6.07, 6.45) is 1.31. The first-order valence-corrected chi connectivity index (χ1v) is 4.55. The van der Waals surface area contributed by atoms with Crippen molar-refractivity contribution >= 4 is 23.5 Å². The van der Waals surface area contributed by atoms with E-state index in [1.54, 1.807) is 0 Å². The lowest BCUT2D eigenvalue weighted by atomic mass is 10.3. The number of thioether (sulfide) groups is 1. The van der Waals surface area contributed by atoms with Gasteiger partial charge in [0.1, 0.15) is 17.5 Å². The van der Waals surface area contributed by atoms with Gasteiger partial charge < -0.3 is 11.5 Å². The van der Waals surface area contributed by atoms with E-state index in [4.69, 9.17) is 16.7 Å². The first-order chi connectivity index (χ1) is 6.63. The molecule has 14 heavy (non-hydrogen) atoms. The highest BCUT2D eigenvalue weighted by Crippen LogP contribution is 2.14. The number of carbonyl (C=O) groups is 1. The highest BCUT2D eigenvalue weighted by Gasteiger charge is 2.04. The predicted octanol–water partition coefficient (Wildman–Crippen LogP) is -0.492. The lowest BCUT2D eigenvalue weighted by Crippen LogP contribution is -2.13. The largest absolute Gasteiger partial charge is 0.382 e. The minimum atomic E-state index is -0.457. The van der Waals surface area contributed by atoms with E-state index in [-0.39, 0.29) is 17.1 Å². The van der Waals surface area contributed by atoms with E-state index in [1.165, 1.54) is 6.20 Å². The molecule has 1 rings (SSSR count). The van der Waals surface area contributed by atoms with Crippen LogP contribution >= 0.6 is 11.8 Å². The zero-order chi connectivity index (χ0) is 10.6. The van der Waals surface area contributed by atoms with Crippen LogP contribution in [0.15, 0.2) is 11.4 Å². The predicted molar refractivity (Wildman–Crippen MR) is 51.1 cm³/mol. The molecule has 0 aliphatic rings. The third-order valence-electron chi connectivity index (χ3n) is 1.26. The fraction of sp³-hybridized carbons (Fsp3) is 0.143. The summed E-state index contributed by atoms with van der Waals surface area (Å²) in [5.41, 5.74) is 10.6. The molecular weight excluding hydrogens is 202 g/mol. The molecule has 0 saturated carbocycles. The fourth-order valence-corrected chi connectivity index (χ4v) is 1.23. The number of nitriles is 1. The number of amides is 1. The zero-order valence-electron chi connectivity index (χ0n) is 7.10. The second-order valence-corrected chi connectivity index (χ2v) is 3.26. The summed E-state index contributed by atoms with van der Waals surface area (Å²) < 4.78 is 0. The van der Waals surface area contributed by atoms with Gasteiger partial charge in [0.2, 0.25) is 5.91 Å². The minimum Gasteiger partial charge on any atom is -0.382 e. The van der Waals surface area contributed by atoms with Crippen molar-refractivity contribution in [2.24, 2.45) is 5.73 Å². The Balaban J connectivity index is 2.77. The molecule has 0 radical (unpaired) electrons. The summed E-state index contributed by atoms with van der Waals surface area (Å²) in [5, 5.41) is 8.87. The highest BCUT2D eigenvalue weighted by atomic mass is 32.2. The topological polar surface area (TPSA) is 119 Å². The Hall–Kier alpha value is -1.81. The number of anilines is 1. The minimum absolute atomic E-state index is 0.0886. The number of hydrogen-bond donors (Lipinski definition) is 2. The van der Waals surface area contributed by atoms with Crippen molar-refractivity contribution in [2.75, 3.05) is 11.5 Å². The van der Waals surface area contributed by atoms with Gasteiger partial charge in [0.25, 0.3) is 0 Å². The second-order valence-electron chi connectivity index (χ2n) is 2.32. The monoisotopic (exact) mass is 209 g/mol. The van der Waals surface area contributed by atoms with Gasteiger partial charge in [0, 0.05) is 0 Å². The average molecular weight is 209 g/mol. The lowest BCUT2D eigenvalue weighted by molar-refractivity contribution is -0.115. The molecule has 0 bridgehead atoms. The Kier molecular flexibility index (Phi) is 3.25. The Morgan fingerprint density at radius 3 is 2.93 bits per heavy atom. The number of carbonyl (C=O) groups excluding carboxylic acids is 1. The molecule has 0 atom stereocenters. The van der Waals surface area contributed by atoms with Gasteiger partial charge in [0.15, 0.2) is 5.16 Å². The molecule has 1 heterocycles. The van der Waals surface area contributed by atoms with Crippen LogP contribution in [0.25, 0.3) is 0 Å². The van der Waals surface area contributed by atoms with Gasteiger partial charge in [-0.25, -0.2) is 9.97 Å². The van der Waals surface area contributed by atoms with Gasteiger partial charge in [-0.15, -0.1) is 0 Å². The van der Waals surface area contributed by atoms with Gasteiger partial charge in [-0.2, -0.15) is 5.26 Å². The fourth-order valence-electron chi connectivity index (χ4n) is 0.669. The van der Waals surface area contributed by atoms with Crippen LogP contribution in [0.1, 0.15) is 5.56 Å². The highest BCUT2D eigenvalue weighted by molar-refractivity contribution is 7.99. The summed E-state index contributed by atoms with van der Waals surface area (Å²) in [6, 6.07) is 1.84. The van der Waals surface area contributed by atoms with Crippen LogP contribution in [0.2, 0.25) is 0 Å². The number of rotatable bonds is 3. The van der Waals surface area contributed by atoms with Crippen molar-refractivity contribution in [1.29, 1.82) is 5.26 Å². The molecule has 0 unspecified atom stereocenters. The molecule has 1 amide bonds. The Labute approximate surface area is 84.3 Å². The average Bonchev–Trinajstić information content (AvgIpc) is 2.15. The Morgan fingerprint density at radius 1 is 1.71 bits per heavy atom. The molecule has 6 nitrogen and oxygen atoms in total. The van der Waals surface area contributed by atoms with Crippen molar-refractivity contribution in [3.8, 4) is 6.07 Å². The quantitative estimate of drug-likeness (QED) is 0.512. The third kappa shape index (κ3) is 2.60. The molecule has 7 heteroatoms. The van der Waals surface area contributed by atoms with E-state index in [0.29, 0.717) is 5.16 Å². The second kappa shape index (κ2) is 4.43. The first kappa shape index (κ1) is 10.3. The molecular formula is C7H7N5OS. The van der Waals surface area contributed by atoms with Gasteiger partial charge in [-0.3, -0.25) is 4.79 Å². The van der Waals surface area contributed by atoms with Gasteiger partial charge in [-0.1, -0.05) is 11.8 Å². The molecule has 0 fully saturated rings. The maximum absolute atomic E-state index is 10.4.